The molecule has 2 rings (SSSR count). The fourth-order valence-corrected chi connectivity index (χ4v) is 2.15. The zero-order valence-corrected chi connectivity index (χ0v) is 8.76. The van der Waals surface area contributed by atoms with Gasteiger partial charge in [-0.1, -0.05) is 12.2 Å². The molecular formula is C11H17NO3. The van der Waals surface area contributed by atoms with Crippen LogP contribution in [0.25, 0.3) is 0 Å². The minimum Gasteiger partial charge on any atom is -0.394 e. The highest BCUT2D eigenvalue weighted by atomic mass is 16.5. The summed E-state index contributed by atoms with van der Waals surface area (Å²) in [6, 6.07) is -0.146. The third-order valence-electron chi connectivity index (χ3n) is 3.08. The van der Waals surface area contributed by atoms with E-state index in [1.165, 1.54) is 0 Å². The van der Waals surface area contributed by atoms with Crippen LogP contribution in [-0.4, -0.2) is 48.3 Å². The zero-order valence-electron chi connectivity index (χ0n) is 8.76. The summed E-state index contributed by atoms with van der Waals surface area (Å²) >= 11 is 0. The Morgan fingerprint density at radius 2 is 2.20 bits per heavy atom. The van der Waals surface area contributed by atoms with E-state index in [0.29, 0.717) is 19.8 Å². The molecule has 84 valence electrons. The number of hydrogen-bond donors (Lipinski definition) is 1. The molecule has 0 aromatic carbocycles. The van der Waals surface area contributed by atoms with Gasteiger partial charge in [-0.3, -0.25) is 4.79 Å². The minimum absolute atomic E-state index is 0.00805. The number of aliphatic hydroxyl groups excluding tert-OH is 1. The molecule has 15 heavy (non-hydrogen) atoms. The van der Waals surface area contributed by atoms with Gasteiger partial charge in [0, 0.05) is 12.5 Å². The summed E-state index contributed by atoms with van der Waals surface area (Å²) in [7, 11) is 0. The number of ether oxygens (including phenoxy) is 1. The van der Waals surface area contributed by atoms with Gasteiger partial charge >= 0.3 is 0 Å². The number of nitrogens with zero attached hydrogens (tertiary/aromatic N) is 1. The summed E-state index contributed by atoms with van der Waals surface area (Å²) in [6.07, 6.45) is 5.79. The van der Waals surface area contributed by atoms with Gasteiger partial charge in [0.05, 0.1) is 25.9 Å². The van der Waals surface area contributed by atoms with Crippen molar-refractivity contribution in [3.8, 4) is 0 Å². The summed E-state index contributed by atoms with van der Waals surface area (Å²) in [5.41, 5.74) is 0. The monoisotopic (exact) mass is 211 g/mol. The minimum atomic E-state index is -0.146. The Labute approximate surface area is 89.5 Å². The van der Waals surface area contributed by atoms with Crippen LogP contribution in [0.2, 0.25) is 0 Å². The van der Waals surface area contributed by atoms with Crippen molar-refractivity contribution in [1.82, 2.24) is 4.90 Å². The number of hydrogen-bond acceptors (Lipinski definition) is 3. The third kappa shape index (κ3) is 2.21. The molecule has 2 aliphatic rings. The molecule has 1 heterocycles. The molecule has 1 unspecified atom stereocenters. The van der Waals surface area contributed by atoms with Crippen LogP contribution in [0, 0.1) is 5.92 Å². The summed E-state index contributed by atoms with van der Waals surface area (Å²) in [5.74, 6) is 0.263. The van der Waals surface area contributed by atoms with Crippen LogP contribution in [0.1, 0.15) is 12.8 Å². The molecule has 0 bridgehead atoms. The topological polar surface area (TPSA) is 49.8 Å². The first kappa shape index (κ1) is 10.6. The SMILES string of the molecule is O=C(C1CC=CC1)N1CCOCC1CO. The molecule has 0 aromatic rings. The highest BCUT2D eigenvalue weighted by Gasteiger charge is 2.31. The van der Waals surface area contributed by atoms with E-state index >= 15 is 0 Å². The summed E-state index contributed by atoms with van der Waals surface area (Å²) < 4.78 is 5.25. The summed E-state index contributed by atoms with van der Waals surface area (Å²) in [5, 5.41) is 9.16. The summed E-state index contributed by atoms with van der Waals surface area (Å²) in [4.78, 5) is 13.9. The Morgan fingerprint density at radius 1 is 1.47 bits per heavy atom. The molecule has 0 radical (unpaired) electrons. The lowest BCUT2D eigenvalue weighted by molar-refractivity contribution is -0.145. The van der Waals surface area contributed by atoms with Gasteiger partial charge in [0.1, 0.15) is 0 Å². The Hall–Kier alpha value is -0.870. The number of morpholine rings is 1. The van der Waals surface area contributed by atoms with Crippen LogP contribution in [0.4, 0.5) is 0 Å². The zero-order chi connectivity index (χ0) is 10.7. The number of carbonyl (C=O) groups is 1. The van der Waals surface area contributed by atoms with Crippen molar-refractivity contribution >= 4 is 5.91 Å². The molecular weight excluding hydrogens is 194 g/mol. The smallest absolute Gasteiger partial charge is 0.226 e. The van der Waals surface area contributed by atoms with E-state index in [0.717, 1.165) is 12.8 Å². The molecule has 1 saturated heterocycles. The Kier molecular flexibility index (Phi) is 3.38. The van der Waals surface area contributed by atoms with E-state index in [1.54, 1.807) is 4.90 Å². The van der Waals surface area contributed by atoms with Crippen LogP contribution >= 0.6 is 0 Å². The second-order valence-electron chi connectivity index (χ2n) is 4.08. The lowest BCUT2D eigenvalue weighted by atomic mass is 10.0. The molecule has 0 spiro atoms. The van der Waals surface area contributed by atoms with Crippen molar-refractivity contribution < 1.29 is 14.6 Å². The van der Waals surface area contributed by atoms with E-state index in [4.69, 9.17) is 9.84 Å². The molecule has 4 nitrogen and oxygen atoms in total. The van der Waals surface area contributed by atoms with Gasteiger partial charge in [-0.25, -0.2) is 0 Å². The Morgan fingerprint density at radius 3 is 2.87 bits per heavy atom. The standard InChI is InChI=1S/C11H17NO3/c13-7-10-8-15-6-5-12(10)11(14)9-3-1-2-4-9/h1-2,9-10,13H,3-8H2. The van der Waals surface area contributed by atoms with Crippen LogP contribution in [-0.2, 0) is 9.53 Å². The van der Waals surface area contributed by atoms with Crippen molar-refractivity contribution in [1.29, 1.82) is 0 Å². The maximum atomic E-state index is 12.1. The van der Waals surface area contributed by atoms with Crippen molar-refractivity contribution in [3.05, 3.63) is 12.2 Å². The summed E-state index contributed by atoms with van der Waals surface area (Å²) in [6.45, 7) is 1.65. The third-order valence-corrected chi connectivity index (χ3v) is 3.08. The van der Waals surface area contributed by atoms with Gasteiger partial charge in [-0.15, -0.1) is 0 Å². The molecule has 0 saturated carbocycles. The predicted molar refractivity (Wildman–Crippen MR) is 55.3 cm³/mol. The number of aliphatic hydroxyl groups is 1. The van der Waals surface area contributed by atoms with Gasteiger partial charge in [0.15, 0.2) is 0 Å². The van der Waals surface area contributed by atoms with Gasteiger partial charge in [-0.05, 0) is 12.8 Å². The molecule has 1 aliphatic carbocycles. The highest BCUT2D eigenvalue weighted by molar-refractivity contribution is 5.80. The van der Waals surface area contributed by atoms with Crippen LogP contribution in [0.3, 0.4) is 0 Å². The fraction of sp³-hybridized carbons (Fsp3) is 0.727. The van der Waals surface area contributed by atoms with Gasteiger partial charge in [0.25, 0.3) is 0 Å². The fourth-order valence-electron chi connectivity index (χ4n) is 2.15. The quantitative estimate of drug-likeness (QED) is 0.662. The van der Waals surface area contributed by atoms with E-state index in [-0.39, 0.29) is 24.5 Å². The second kappa shape index (κ2) is 4.77. The molecule has 4 heteroatoms. The van der Waals surface area contributed by atoms with Gasteiger partial charge in [0.2, 0.25) is 5.91 Å². The van der Waals surface area contributed by atoms with Crippen molar-refractivity contribution in [2.24, 2.45) is 5.92 Å². The number of rotatable bonds is 2. The first-order valence-electron chi connectivity index (χ1n) is 5.47. The van der Waals surface area contributed by atoms with Crippen LogP contribution in [0.15, 0.2) is 12.2 Å². The largest absolute Gasteiger partial charge is 0.394 e. The van der Waals surface area contributed by atoms with E-state index < -0.39 is 0 Å². The Balaban J connectivity index is 1.97. The lowest BCUT2D eigenvalue weighted by Crippen LogP contribution is -2.52. The van der Waals surface area contributed by atoms with E-state index in [1.807, 2.05) is 0 Å². The first-order chi connectivity index (χ1) is 7.33. The Bertz CT molecular complexity index is 257. The molecule has 1 N–H and O–H groups in total. The average molecular weight is 211 g/mol. The van der Waals surface area contributed by atoms with Crippen molar-refractivity contribution in [2.75, 3.05) is 26.4 Å². The lowest BCUT2D eigenvalue weighted by Gasteiger charge is -2.36. The van der Waals surface area contributed by atoms with E-state index in [2.05, 4.69) is 12.2 Å². The molecule has 1 atom stereocenters. The van der Waals surface area contributed by atoms with Gasteiger partial charge in [-0.2, -0.15) is 0 Å². The predicted octanol–water partition coefficient (Wildman–Crippen LogP) is 0.172. The molecule has 1 amide bonds. The molecule has 1 fully saturated rings. The van der Waals surface area contributed by atoms with Crippen LogP contribution < -0.4 is 0 Å². The van der Waals surface area contributed by atoms with Crippen molar-refractivity contribution in [2.45, 2.75) is 18.9 Å². The number of allylic oxidation sites excluding steroid dienone is 2. The van der Waals surface area contributed by atoms with Crippen LogP contribution in [0.5, 0.6) is 0 Å². The molecule has 1 aliphatic heterocycles. The van der Waals surface area contributed by atoms with Gasteiger partial charge < -0.3 is 14.7 Å². The highest BCUT2D eigenvalue weighted by Crippen LogP contribution is 2.22. The van der Waals surface area contributed by atoms with Crippen molar-refractivity contribution in [3.63, 3.8) is 0 Å². The number of carbonyl (C=O) groups excluding carboxylic acids is 1. The number of amides is 1. The second-order valence-corrected chi connectivity index (χ2v) is 4.08. The maximum absolute atomic E-state index is 12.1. The average Bonchev–Trinajstić information content (AvgIpc) is 2.81. The van der Waals surface area contributed by atoms with E-state index in [9.17, 15) is 4.79 Å². The first-order valence-corrected chi connectivity index (χ1v) is 5.47. The normalized spacial score (nSPS) is 27.3. The maximum Gasteiger partial charge on any atom is 0.226 e. The molecule has 0 aromatic heterocycles.